The van der Waals surface area contributed by atoms with E-state index < -0.39 is 23.4 Å². The van der Waals surface area contributed by atoms with Crippen molar-refractivity contribution in [2.75, 3.05) is 19.6 Å². The van der Waals surface area contributed by atoms with Gasteiger partial charge in [-0.3, -0.25) is 14.6 Å². The number of carbonyl (C=O) groups excluding carboxylic acids is 2. The van der Waals surface area contributed by atoms with E-state index in [9.17, 15) is 18.4 Å². The number of nitrogens with one attached hydrogen (secondary N) is 1. The first kappa shape index (κ1) is 31.4. The third kappa shape index (κ3) is 7.19. The standard InChI is InChI=1S/C32H36F2N6O3S/c1-18(2)15-24-27(30(35)41)29(25-9-10-26(44-25)31(42)36-17-20-7-8-21(33)22(34)16-20)28(32-39-38-19(3)43-32)23(37-24)11-14-40-12-5-4-6-13-40/h7-10,16,18H,4-6,11-15,17H2,1-3H3,(H2,35,41)(H,36,42). The van der Waals surface area contributed by atoms with Gasteiger partial charge in [0.15, 0.2) is 11.6 Å². The molecule has 0 unspecified atom stereocenters. The number of carbonyl (C=O) groups is 2. The molecule has 232 valence electrons. The summed E-state index contributed by atoms with van der Waals surface area (Å²) in [6.45, 7) is 8.63. The van der Waals surface area contributed by atoms with Gasteiger partial charge in [-0.2, -0.15) is 0 Å². The number of benzene rings is 1. The largest absolute Gasteiger partial charge is 0.421 e. The fourth-order valence-electron chi connectivity index (χ4n) is 5.50. The number of rotatable bonds is 11. The molecule has 0 radical (unpaired) electrons. The van der Waals surface area contributed by atoms with Crippen LogP contribution >= 0.6 is 11.3 Å². The van der Waals surface area contributed by atoms with Gasteiger partial charge in [0, 0.05) is 36.9 Å². The van der Waals surface area contributed by atoms with Gasteiger partial charge in [0.05, 0.1) is 27.4 Å². The number of pyridine rings is 1. The molecular formula is C32H36F2N6O3S. The van der Waals surface area contributed by atoms with Crippen LogP contribution in [-0.2, 0) is 19.4 Å². The molecule has 0 bridgehead atoms. The molecule has 5 rings (SSSR count). The summed E-state index contributed by atoms with van der Waals surface area (Å²) in [7, 11) is 0. The number of nitrogens with two attached hydrogens (primary N) is 1. The lowest BCUT2D eigenvalue weighted by Gasteiger charge is -2.27. The Hall–Kier alpha value is -4.03. The summed E-state index contributed by atoms with van der Waals surface area (Å²) in [5, 5.41) is 11.1. The minimum Gasteiger partial charge on any atom is -0.421 e. The molecule has 0 saturated carbocycles. The maximum Gasteiger partial charge on any atom is 0.261 e. The Labute approximate surface area is 258 Å². The Balaban J connectivity index is 1.57. The van der Waals surface area contributed by atoms with Crippen molar-refractivity contribution in [3.8, 4) is 21.9 Å². The Morgan fingerprint density at radius 3 is 2.48 bits per heavy atom. The molecule has 1 aliphatic heterocycles. The minimum absolute atomic E-state index is 0.0107. The number of thiophene rings is 1. The highest BCUT2D eigenvalue weighted by atomic mass is 32.1. The zero-order valence-corrected chi connectivity index (χ0v) is 25.9. The normalized spacial score (nSPS) is 13.9. The van der Waals surface area contributed by atoms with Gasteiger partial charge in [-0.25, -0.2) is 8.78 Å². The quantitative estimate of drug-likeness (QED) is 0.220. The van der Waals surface area contributed by atoms with Crippen LogP contribution in [0.3, 0.4) is 0 Å². The minimum atomic E-state index is -0.982. The van der Waals surface area contributed by atoms with E-state index >= 15 is 0 Å². The molecule has 1 aromatic carbocycles. The summed E-state index contributed by atoms with van der Waals surface area (Å²) >= 11 is 1.18. The Bertz CT molecular complexity index is 1660. The van der Waals surface area contributed by atoms with Crippen molar-refractivity contribution in [1.82, 2.24) is 25.4 Å². The molecule has 1 saturated heterocycles. The van der Waals surface area contributed by atoms with E-state index in [4.69, 9.17) is 15.1 Å². The number of halogens is 2. The van der Waals surface area contributed by atoms with E-state index in [-0.39, 0.29) is 23.9 Å². The maximum atomic E-state index is 13.7. The van der Waals surface area contributed by atoms with Crippen LogP contribution in [0, 0.1) is 24.5 Å². The highest BCUT2D eigenvalue weighted by molar-refractivity contribution is 7.17. The van der Waals surface area contributed by atoms with Gasteiger partial charge in [-0.1, -0.05) is 26.3 Å². The van der Waals surface area contributed by atoms with Crippen LogP contribution in [-0.4, -0.2) is 51.5 Å². The number of amides is 2. The first-order valence-electron chi connectivity index (χ1n) is 14.8. The lowest BCUT2D eigenvalue weighted by molar-refractivity contribution is 0.0953. The maximum absolute atomic E-state index is 13.7. The molecule has 9 nitrogen and oxygen atoms in total. The molecule has 4 heterocycles. The van der Waals surface area contributed by atoms with Crippen LogP contribution in [0.1, 0.15) is 76.0 Å². The second-order valence-electron chi connectivity index (χ2n) is 11.5. The summed E-state index contributed by atoms with van der Waals surface area (Å²) in [5.74, 6) is -2.18. The second kappa shape index (κ2) is 13.7. The van der Waals surface area contributed by atoms with Gasteiger partial charge < -0.3 is 20.4 Å². The van der Waals surface area contributed by atoms with Gasteiger partial charge in [0.1, 0.15) is 0 Å². The van der Waals surface area contributed by atoms with E-state index in [1.165, 1.54) is 23.8 Å². The van der Waals surface area contributed by atoms with Gasteiger partial charge in [0.25, 0.3) is 11.8 Å². The van der Waals surface area contributed by atoms with Crippen LogP contribution in [0.15, 0.2) is 34.7 Å². The van der Waals surface area contributed by atoms with Gasteiger partial charge in [-0.15, -0.1) is 21.5 Å². The van der Waals surface area contributed by atoms with Crippen molar-refractivity contribution in [3.05, 3.63) is 75.2 Å². The molecule has 44 heavy (non-hydrogen) atoms. The number of likely N-dealkylation sites (tertiary alicyclic amines) is 1. The predicted octanol–water partition coefficient (Wildman–Crippen LogP) is 5.70. The number of piperidine rings is 1. The molecule has 0 atom stereocenters. The Kier molecular flexibility index (Phi) is 9.80. The van der Waals surface area contributed by atoms with Crippen molar-refractivity contribution >= 4 is 23.2 Å². The first-order chi connectivity index (χ1) is 21.1. The number of hydrogen-bond acceptors (Lipinski definition) is 8. The zero-order chi connectivity index (χ0) is 31.4. The van der Waals surface area contributed by atoms with Crippen LogP contribution in [0.2, 0.25) is 0 Å². The van der Waals surface area contributed by atoms with E-state index in [2.05, 4.69) is 34.3 Å². The zero-order valence-electron chi connectivity index (χ0n) is 25.1. The highest BCUT2D eigenvalue weighted by Gasteiger charge is 2.29. The van der Waals surface area contributed by atoms with E-state index in [1.54, 1.807) is 19.1 Å². The van der Waals surface area contributed by atoms with Crippen LogP contribution < -0.4 is 11.1 Å². The predicted molar refractivity (Wildman–Crippen MR) is 164 cm³/mol. The Morgan fingerprint density at radius 2 is 1.82 bits per heavy atom. The lowest BCUT2D eigenvalue weighted by Crippen LogP contribution is -2.32. The SMILES string of the molecule is Cc1nnc(-c2c(CCN3CCCCC3)nc(CC(C)C)c(C(N)=O)c2-c2ccc(C(=O)NCc3ccc(F)c(F)c3)s2)o1. The third-order valence-corrected chi connectivity index (χ3v) is 8.66. The summed E-state index contributed by atoms with van der Waals surface area (Å²) in [5.41, 5.74) is 9.10. The molecule has 0 spiro atoms. The topological polar surface area (TPSA) is 127 Å². The van der Waals surface area contributed by atoms with Crippen LogP contribution in [0.4, 0.5) is 8.78 Å². The first-order valence-corrected chi connectivity index (χ1v) is 15.6. The summed E-state index contributed by atoms with van der Waals surface area (Å²) in [6, 6.07) is 6.90. The molecule has 0 aliphatic carbocycles. The van der Waals surface area contributed by atoms with Crippen LogP contribution in [0.25, 0.3) is 21.9 Å². The number of aromatic nitrogens is 3. The Morgan fingerprint density at radius 1 is 1.05 bits per heavy atom. The fraction of sp³-hybridized carbons (Fsp3) is 0.406. The van der Waals surface area contributed by atoms with Crippen molar-refractivity contribution in [1.29, 1.82) is 0 Å². The molecule has 3 N–H and O–H groups in total. The van der Waals surface area contributed by atoms with Crippen molar-refractivity contribution in [2.24, 2.45) is 11.7 Å². The molecule has 1 aliphatic rings. The third-order valence-electron chi connectivity index (χ3n) is 7.56. The second-order valence-corrected chi connectivity index (χ2v) is 12.5. The van der Waals surface area contributed by atoms with Crippen LogP contribution in [0.5, 0.6) is 0 Å². The highest BCUT2D eigenvalue weighted by Crippen LogP contribution is 2.41. The number of hydrogen-bond donors (Lipinski definition) is 2. The lowest BCUT2D eigenvalue weighted by atomic mass is 9.92. The number of primary amides is 1. The number of aryl methyl sites for hydroxylation is 1. The average Bonchev–Trinajstić information content (AvgIpc) is 3.65. The summed E-state index contributed by atoms with van der Waals surface area (Å²) < 4.78 is 32.9. The average molecular weight is 623 g/mol. The van der Waals surface area contributed by atoms with Crippen molar-refractivity contribution in [3.63, 3.8) is 0 Å². The molecule has 1 fully saturated rings. The number of nitrogens with zero attached hydrogens (tertiary/aromatic N) is 4. The summed E-state index contributed by atoms with van der Waals surface area (Å²) in [4.78, 5) is 34.7. The molecule has 12 heteroatoms. The van der Waals surface area contributed by atoms with Crippen molar-refractivity contribution in [2.45, 2.75) is 59.4 Å². The van der Waals surface area contributed by atoms with Gasteiger partial charge in [0.2, 0.25) is 11.8 Å². The molecule has 4 aromatic rings. The fourth-order valence-corrected chi connectivity index (χ4v) is 6.48. The van der Waals surface area contributed by atoms with E-state index in [0.29, 0.717) is 50.9 Å². The monoisotopic (exact) mass is 622 g/mol. The van der Waals surface area contributed by atoms with E-state index in [0.717, 1.165) is 50.3 Å². The summed E-state index contributed by atoms with van der Waals surface area (Å²) in [6.07, 6.45) is 4.67. The molecular weight excluding hydrogens is 586 g/mol. The molecule has 2 amide bonds. The smallest absolute Gasteiger partial charge is 0.261 e. The van der Waals surface area contributed by atoms with E-state index in [1.807, 2.05) is 0 Å². The van der Waals surface area contributed by atoms with Gasteiger partial charge >= 0.3 is 0 Å². The molecule has 3 aromatic heterocycles. The van der Waals surface area contributed by atoms with Crippen molar-refractivity contribution < 1.29 is 22.8 Å². The van der Waals surface area contributed by atoms with Gasteiger partial charge in [-0.05, 0) is 68.1 Å².